The highest BCUT2D eigenvalue weighted by molar-refractivity contribution is 5.91. The van der Waals surface area contributed by atoms with Crippen molar-refractivity contribution in [3.8, 4) is 0 Å². The summed E-state index contributed by atoms with van der Waals surface area (Å²) in [6, 6.07) is 0. The van der Waals surface area contributed by atoms with Crippen molar-refractivity contribution in [1.82, 2.24) is 10.7 Å². The van der Waals surface area contributed by atoms with Gasteiger partial charge in [0.25, 0.3) is 0 Å². The monoisotopic (exact) mass is 213 g/mol. The Bertz CT molecular complexity index is 239. The van der Waals surface area contributed by atoms with E-state index in [1.165, 1.54) is 0 Å². The molecule has 0 aliphatic rings. The Kier molecular flexibility index (Phi) is 7.27. The highest BCUT2D eigenvalue weighted by Crippen LogP contribution is 1.98. The molecule has 0 fully saturated rings. The maximum atomic E-state index is 11.0. The van der Waals surface area contributed by atoms with Gasteiger partial charge in [-0.25, -0.2) is 5.84 Å². The molecule has 0 spiro atoms. The number of carbonyl (C=O) groups excluding carboxylic acids is 2. The number of rotatable bonds is 7. The van der Waals surface area contributed by atoms with Crippen LogP contribution in [0.5, 0.6) is 0 Å². The quantitative estimate of drug-likeness (QED) is 0.186. The average molecular weight is 213 g/mol. The largest absolute Gasteiger partial charge is 0.352 e. The van der Waals surface area contributed by atoms with Crippen LogP contribution in [0.2, 0.25) is 0 Å². The highest BCUT2D eigenvalue weighted by atomic mass is 16.2. The van der Waals surface area contributed by atoms with Gasteiger partial charge in [-0.1, -0.05) is 13.0 Å². The molecule has 15 heavy (non-hydrogen) atoms. The number of carbonyl (C=O) groups is 2. The summed E-state index contributed by atoms with van der Waals surface area (Å²) in [6.45, 7) is 5.81. The lowest BCUT2D eigenvalue weighted by Crippen LogP contribution is -2.29. The molecule has 0 radical (unpaired) electrons. The van der Waals surface area contributed by atoms with Gasteiger partial charge in [-0.3, -0.25) is 15.0 Å². The second-order valence-electron chi connectivity index (χ2n) is 3.41. The zero-order valence-electron chi connectivity index (χ0n) is 9.14. The summed E-state index contributed by atoms with van der Waals surface area (Å²) in [5, 5.41) is 2.72. The van der Waals surface area contributed by atoms with Gasteiger partial charge in [0.1, 0.15) is 0 Å². The minimum absolute atomic E-state index is 0.116. The van der Waals surface area contributed by atoms with Gasteiger partial charge in [-0.15, -0.1) is 0 Å². The summed E-state index contributed by atoms with van der Waals surface area (Å²) in [5.74, 6) is 4.65. The SMILES string of the molecule is C=C(C)C(=O)NCCCCCC(=O)NN. The molecule has 0 heterocycles. The molecule has 2 amide bonds. The Labute approximate surface area is 90.1 Å². The summed E-state index contributed by atoms with van der Waals surface area (Å²) >= 11 is 0. The van der Waals surface area contributed by atoms with Crippen molar-refractivity contribution in [2.75, 3.05) is 6.54 Å². The fourth-order valence-corrected chi connectivity index (χ4v) is 1.01. The molecule has 0 unspecified atom stereocenters. The fraction of sp³-hybridized carbons (Fsp3) is 0.600. The molecular weight excluding hydrogens is 194 g/mol. The van der Waals surface area contributed by atoms with E-state index in [1.807, 2.05) is 0 Å². The average Bonchev–Trinajstić information content (AvgIpc) is 2.22. The van der Waals surface area contributed by atoms with Crippen LogP contribution in [0.4, 0.5) is 0 Å². The van der Waals surface area contributed by atoms with Gasteiger partial charge in [0.2, 0.25) is 11.8 Å². The molecule has 0 atom stereocenters. The van der Waals surface area contributed by atoms with E-state index < -0.39 is 0 Å². The number of hydrogen-bond acceptors (Lipinski definition) is 3. The third kappa shape index (κ3) is 7.69. The van der Waals surface area contributed by atoms with Gasteiger partial charge in [0, 0.05) is 18.5 Å². The smallest absolute Gasteiger partial charge is 0.246 e. The first-order valence-electron chi connectivity index (χ1n) is 5.01. The zero-order chi connectivity index (χ0) is 11.7. The summed E-state index contributed by atoms with van der Waals surface area (Å²) in [7, 11) is 0. The number of nitrogens with one attached hydrogen (secondary N) is 2. The van der Waals surface area contributed by atoms with Crippen molar-refractivity contribution in [2.45, 2.75) is 32.6 Å². The van der Waals surface area contributed by atoms with Crippen LogP contribution >= 0.6 is 0 Å². The number of hydrogen-bond donors (Lipinski definition) is 3. The third-order valence-corrected chi connectivity index (χ3v) is 1.91. The number of amides is 2. The van der Waals surface area contributed by atoms with E-state index in [1.54, 1.807) is 6.92 Å². The molecule has 0 aromatic carbocycles. The van der Waals surface area contributed by atoms with E-state index in [2.05, 4.69) is 17.3 Å². The summed E-state index contributed by atoms with van der Waals surface area (Å²) < 4.78 is 0. The van der Waals surface area contributed by atoms with Crippen molar-refractivity contribution in [3.63, 3.8) is 0 Å². The van der Waals surface area contributed by atoms with Crippen LogP contribution in [-0.4, -0.2) is 18.4 Å². The first kappa shape index (κ1) is 13.6. The predicted octanol–water partition coefficient (Wildman–Crippen LogP) is 0.229. The van der Waals surface area contributed by atoms with E-state index in [4.69, 9.17) is 5.84 Å². The van der Waals surface area contributed by atoms with Gasteiger partial charge in [0.15, 0.2) is 0 Å². The van der Waals surface area contributed by atoms with Crippen LogP contribution in [0.15, 0.2) is 12.2 Å². The third-order valence-electron chi connectivity index (χ3n) is 1.91. The molecule has 0 bridgehead atoms. The topological polar surface area (TPSA) is 84.2 Å². The molecule has 5 heteroatoms. The van der Waals surface area contributed by atoms with Gasteiger partial charge in [-0.05, 0) is 19.8 Å². The molecule has 5 nitrogen and oxygen atoms in total. The lowest BCUT2D eigenvalue weighted by molar-refractivity contribution is -0.121. The minimum atomic E-state index is -0.152. The number of hydrazine groups is 1. The van der Waals surface area contributed by atoms with Crippen molar-refractivity contribution >= 4 is 11.8 Å². The maximum Gasteiger partial charge on any atom is 0.246 e. The molecule has 86 valence electrons. The Balaban J connectivity index is 3.29. The van der Waals surface area contributed by atoms with Crippen LogP contribution in [0, 0.1) is 0 Å². The van der Waals surface area contributed by atoms with Gasteiger partial charge >= 0.3 is 0 Å². The fourth-order valence-electron chi connectivity index (χ4n) is 1.01. The molecule has 0 saturated carbocycles. The van der Waals surface area contributed by atoms with Gasteiger partial charge < -0.3 is 5.32 Å². The van der Waals surface area contributed by atoms with Crippen LogP contribution < -0.4 is 16.6 Å². The maximum absolute atomic E-state index is 11.0. The molecule has 0 aromatic heterocycles. The number of nitrogens with two attached hydrogens (primary N) is 1. The van der Waals surface area contributed by atoms with Crippen molar-refractivity contribution in [3.05, 3.63) is 12.2 Å². The Morgan fingerprint density at radius 3 is 2.47 bits per heavy atom. The minimum Gasteiger partial charge on any atom is -0.352 e. The van der Waals surface area contributed by atoms with E-state index in [9.17, 15) is 9.59 Å². The van der Waals surface area contributed by atoms with Gasteiger partial charge in [-0.2, -0.15) is 0 Å². The molecule has 0 aliphatic carbocycles. The standard InChI is InChI=1S/C10H19N3O2/c1-8(2)10(15)12-7-5-3-4-6-9(14)13-11/h1,3-7,11H2,2H3,(H,12,15)(H,13,14). The summed E-state index contributed by atoms with van der Waals surface area (Å²) in [4.78, 5) is 21.8. The van der Waals surface area contributed by atoms with E-state index >= 15 is 0 Å². The first-order chi connectivity index (χ1) is 7.07. The normalized spacial score (nSPS) is 9.47. The van der Waals surface area contributed by atoms with E-state index in [-0.39, 0.29) is 11.8 Å². The second kappa shape index (κ2) is 7.99. The molecule has 0 aliphatic heterocycles. The molecular formula is C10H19N3O2. The second-order valence-corrected chi connectivity index (χ2v) is 3.41. The Hall–Kier alpha value is -1.36. The van der Waals surface area contributed by atoms with Crippen molar-refractivity contribution in [1.29, 1.82) is 0 Å². The summed E-state index contributed by atoms with van der Waals surface area (Å²) in [5.41, 5.74) is 2.58. The predicted molar refractivity (Wildman–Crippen MR) is 58.6 cm³/mol. The summed E-state index contributed by atoms with van der Waals surface area (Å²) in [6.07, 6.45) is 2.97. The number of unbranched alkanes of at least 4 members (excludes halogenated alkanes) is 2. The molecule has 0 aromatic rings. The highest BCUT2D eigenvalue weighted by Gasteiger charge is 2.00. The Morgan fingerprint density at radius 1 is 1.27 bits per heavy atom. The first-order valence-corrected chi connectivity index (χ1v) is 5.01. The lowest BCUT2D eigenvalue weighted by atomic mass is 10.2. The van der Waals surface area contributed by atoms with Gasteiger partial charge in [0.05, 0.1) is 0 Å². The van der Waals surface area contributed by atoms with Crippen LogP contribution in [0.3, 0.4) is 0 Å². The van der Waals surface area contributed by atoms with E-state index in [0.717, 1.165) is 19.3 Å². The molecule has 4 N–H and O–H groups in total. The molecule has 0 rings (SSSR count). The van der Waals surface area contributed by atoms with Crippen LogP contribution in [0.25, 0.3) is 0 Å². The zero-order valence-corrected chi connectivity index (χ0v) is 9.14. The lowest BCUT2D eigenvalue weighted by Gasteiger charge is -2.04. The van der Waals surface area contributed by atoms with Crippen LogP contribution in [-0.2, 0) is 9.59 Å². The van der Waals surface area contributed by atoms with Crippen molar-refractivity contribution in [2.24, 2.45) is 5.84 Å². The van der Waals surface area contributed by atoms with Crippen molar-refractivity contribution < 1.29 is 9.59 Å². The Morgan fingerprint density at radius 2 is 1.93 bits per heavy atom. The van der Waals surface area contributed by atoms with Crippen LogP contribution in [0.1, 0.15) is 32.6 Å². The molecule has 0 saturated heterocycles. The van der Waals surface area contributed by atoms with E-state index in [0.29, 0.717) is 18.5 Å².